The summed E-state index contributed by atoms with van der Waals surface area (Å²) in [6.45, 7) is 3.80. The predicted molar refractivity (Wildman–Crippen MR) is 72.1 cm³/mol. The summed E-state index contributed by atoms with van der Waals surface area (Å²) in [6, 6.07) is 4.44. The average Bonchev–Trinajstić information content (AvgIpc) is 2.70. The third-order valence-corrected chi connectivity index (χ3v) is 3.06. The number of hydrogen-bond acceptors (Lipinski definition) is 5. The second-order valence-electron chi connectivity index (χ2n) is 4.36. The zero-order valence-corrected chi connectivity index (χ0v) is 11.1. The van der Waals surface area contributed by atoms with E-state index in [1.807, 2.05) is 13.8 Å². The third-order valence-electron chi connectivity index (χ3n) is 2.75. The van der Waals surface area contributed by atoms with Crippen LogP contribution in [0.25, 0.3) is 11.3 Å². The van der Waals surface area contributed by atoms with Crippen molar-refractivity contribution in [3.05, 3.63) is 38.9 Å². The molecule has 0 atom stereocenters. The number of nitrogen functional groups attached to an aromatic ring is 1. The molecule has 0 aliphatic rings. The number of rotatable bonds is 3. The van der Waals surface area contributed by atoms with E-state index in [1.165, 1.54) is 12.1 Å². The smallest absolute Gasteiger partial charge is 0.281 e. The van der Waals surface area contributed by atoms with Crippen LogP contribution in [-0.4, -0.2) is 10.1 Å². The van der Waals surface area contributed by atoms with E-state index in [9.17, 15) is 10.1 Å². The Balaban J connectivity index is 2.76. The van der Waals surface area contributed by atoms with Crippen molar-refractivity contribution in [2.75, 3.05) is 5.73 Å². The lowest BCUT2D eigenvalue weighted by molar-refractivity contribution is -0.384. The van der Waals surface area contributed by atoms with Crippen molar-refractivity contribution < 1.29 is 9.45 Å². The molecule has 2 N–H and O–H groups in total. The first kappa shape index (κ1) is 13.4. The molecule has 2 aromatic rings. The van der Waals surface area contributed by atoms with Crippen LogP contribution in [0.5, 0.6) is 0 Å². The van der Waals surface area contributed by atoms with Crippen LogP contribution in [0.4, 0.5) is 11.5 Å². The quantitative estimate of drug-likeness (QED) is 0.685. The molecule has 0 bridgehead atoms. The second-order valence-corrected chi connectivity index (χ2v) is 4.76. The van der Waals surface area contributed by atoms with Crippen molar-refractivity contribution in [1.82, 2.24) is 5.16 Å². The first-order valence-corrected chi connectivity index (χ1v) is 5.99. The molecule has 0 radical (unpaired) electrons. The number of nitro groups is 1. The highest BCUT2D eigenvalue weighted by atomic mass is 35.5. The molecule has 1 aromatic carbocycles. The number of hydrogen-bond donors (Lipinski definition) is 1. The molecular weight excluding hydrogens is 270 g/mol. The Bertz CT molecular complexity index is 637. The summed E-state index contributed by atoms with van der Waals surface area (Å²) >= 11 is 6.06. The highest BCUT2D eigenvalue weighted by Gasteiger charge is 2.27. The first-order chi connectivity index (χ1) is 8.93. The normalized spacial score (nSPS) is 10.9. The maximum atomic E-state index is 11.1. The van der Waals surface area contributed by atoms with Gasteiger partial charge in [0.25, 0.3) is 5.69 Å². The van der Waals surface area contributed by atoms with Crippen LogP contribution in [0, 0.1) is 10.1 Å². The molecule has 0 saturated carbocycles. The number of nitro benzene ring substituents is 1. The lowest BCUT2D eigenvalue weighted by atomic mass is 9.98. The molecule has 19 heavy (non-hydrogen) atoms. The Kier molecular flexibility index (Phi) is 3.44. The highest BCUT2D eigenvalue weighted by molar-refractivity contribution is 6.33. The molecular formula is C12H12ClN3O3. The molecule has 0 aliphatic heterocycles. The molecule has 0 saturated heterocycles. The van der Waals surface area contributed by atoms with Crippen molar-refractivity contribution in [3.8, 4) is 11.3 Å². The Morgan fingerprint density at radius 2 is 2.16 bits per heavy atom. The Labute approximate surface area is 114 Å². The Hall–Kier alpha value is -2.08. The number of benzene rings is 1. The fourth-order valence-corrected chi connectivity index (χ4v) is 2.19. The molecule has 1 aromatic heterocycles. The summed E-state index contributed by atoms with van der Waals surface area (Å²) in [5, 5.41) is 15.0. The summed E-state index contributed by atoms with van der Waals surface area (Å²) in [7, 11) is 0. The summed E-state index contributed by atoms with van der Waals surface area (Å²) in [5.41, 5.74) is 6.44. The Morgan fingerprint density at radius 3 is 2.74 bits per heavy atom. The zero-order valence-electron chi connectivity index (χ0n) is 10.4. The van der Waals surface area contributed by atoms with E-state index in [2.05, 4.69) is 5.16 Å². The van der Waals surface area contributed by atoms with E-state index in [0.717, 1.165) is 0 Å². The van der Waals surface area contributed by atoms with Gasteiger partial charge in [0.15, 0.2) is 11.6 Å². The molecule has 7 heteroatoms. The fourth-order valence-electron chi connectivity index (χ4n) is 1.94. The SMILES string of the molecule is CC(C)c1c(N)noc1-c1c(Cl)cccc1[N+](=O)[O-]. The van der Waals surface area contributed by atoms with Gasteiger partial charge in [-0.25, -0.2) is 0 Å². The summed E-state index contributed by atoms with van der Waals surface area (Å²) in [4.78, 5) is 10.6. The van der Waals surface area contributed by atoms with Crippen LogP contribution in [0.2, 0.25) is 5.02 Å². The van der Waals surface area contributed by atoms with E-state index >= 15 is 0 Å². The van der Waals surface area contributed by atoms with Gasteiger partial charge in [-0.2, -0.15) is 0 Å². The molecule has 6 nitrogen and oxygen atoms in total. The van der Waals surface area contributed by atoms with Gasteiger partial charge in [0.05, 0.1) is 9.95 Å². The molecule has 0 amide bonds. The van der Waals surface area contributed by atoms with Crippen LogP contribution in [-0.2, 0) is 0 Å². The van der Waals surface area contributed by atoms with Crippen LogP contribution < -0.4 is 5.73 Å². The van der Waals surface area contributed by atoms with Gasteiger partial charge in [0.1, 0.15) is 5.56 Å². The molecule has 1 heterocycles. The van der Waals surface area contributed by atoms with E-state index < -0.39 is 4.92 Å². The van der Waals surface area contributed by atoms with E-state index in [-0.39, 0.29) is 33.8 Å². The lowest BCUT2D eigenvalue weighted by Crippen LogP contribution is -1.97. The minimum Gasteiger partial charge on any atom is -0.381 e. The molecule has 100 valence electrons. The summed E-state index contributed by atoms with van der Waals surface area (Å²) in [5.74, 6) is 0.487. The molecule has 2 rings (SSSR count). The summed E-state index contributed by atoms with van der Waals surface area (Å²) < 4.78 is 5.15. The zero-order chi connectivity index (χ0) is 14.2. The molecule has 0 spiro atoms. The predicted octanol–water partition coefficient (Wildman–Crippen LogP) is 3.61. The van der Waals surface area contributed by atoms with Gasteiger partial charge in [-0.05, 0) is 12.0 Å². The molecule has 0 fully saturated rings. The number of aromatic nitrogens is 1. The van der Waals surface area contributed by atoms with Crippen LogP contribution in [0.1, 0.15) is 25.3 Å². The van der Waals surface area contributed by atoms with Crippen LogP contribution in [0.3, 0.4) is 0 Å². The van der Waals surface area contributed by atoms with Gasteiger partial charge < -0.3 is 10.3 Å². The first-order valence-electron chi connectivity index (χ1n) is 5.61. The minimum absolute atomic E-state index is 0.0112. The fraction of sp³-hybridized carbons (Fsp3) is 0.250. The Morgan fingerprint density at radius 1 is 1.47 bits per heavy atom. The molecule has 0 aliphatic carbocycles. The maximum absolute atomic E-state index is 11.1. The topological polar surface area (TPSA) is 95.2 Å². The number of nitrogens with zero attached hydrogens (tertiary/aromatic N) is 2. The second kappa shape index (κ2) is 4.89. The monoisotopic (exact) mass is 281 g/mol. The highest BCUT2D eigenvalue weighted by Crippen LogP contribution is 2.41. The largest absolute Gasteiger partial charge is 0.381 e. The number of nitrogens with two attached hydrogens (primary N) is 1. The summed E-state index contributed by atoms with van der Waals surface area (Å²) in [6.07, 6.45) is 0. The van der Waals surface area contributed by atoms with Gasteiger partial charge >= 0.3 is 0 Å². The van der Waals surface area contributed by atoms with Gasteiger partial charge in [-0.1, -0.05) is 36.7 Å². The van der Waals surface area contributed by atoms with Crippen molar-refractivity contribution in [1.29, 1.82) is 0 Å². The molecule has 0 unspecified atom stereocenters. The van der Waals surface area contributed by atoms with Gasteiger partial charge in [0.2, 0.25) is 0 Å². The van der Waals surface area contributed by atoms with Crippen molar-refractivity contribution in [2.45, 2.75) is 19.8 Å². The number of halogens is 1. The van der Waals surface area contributed by atoms with E-state index in [4.69, 9.17) is 21.9 Å². The van der Waals surface area contributed by atoms with Crippen LogP contribution in [0.15, 0.2) is 22.7 Å². The lowest BCUT2D eigenvalue weighted by Gasteiger charge is -2.07. The van der Waals surface area contributed by atoms with Crippen molar-refractivity contribution in [2.24, 2.45) is 0 Å². The van der Waals surface area contributed by atoms with Crippen molar-refractivity contribution >= 4 is 23.1 Å². The minimum atomic E-state index is -0.510. The van der Waals surface area contributed by atoms with Gasteiger partial charge in [0, 0.05) is 11.6 Å². The maximum Gasteiger partial charge on any atom is 0.281 e. The third kappa shape index (κ3) is 2.26. The van der Waals surface area contributed by atoms with E-state index in [0.29, 0.717) is 5.56 Å². The number of anilines is 1. The van der Waals surface area contributed by atoms with Gasteiger partial charge in [-0.15, -0.1) is 0 Å². The van der Waals surface area contributed by atoms with E-state index in [1.54, 1.807) is 6.07 Å². The average molecular weight is 282 g/mol. The van der Waals surface area contributed by atoms with Gasteiger partial charge in [-0.3, -0.25) is 10.1 Å². The standard InChI is InChI=1S/C12H12ClN3O3/c1-6(2)9-11(19-15-12(9)14)10-7(13)4-3-5-8(10)16(17)18/h3-6H,1-2H3,(H2,14,15). The van der Waals surface area contributed by atoms with Crippen LogP contribution >= 0.6 is 11.6 Å². The van der Waals surface area contributed by atoms with Crippen molar-refractivity contribution in [3.63, 3.8) is 0 Å².